The number of morpholine rings is 1. The molecule has 2 heterocycles. The molecule has 0 saturated carbocycles. The predicted molar refractivity (Wildman–Crippen MR) is 105 cm³/mol. The SMILES string of the molecule is COc1cc(C)c(C2=CC3COCC(C2)N3Cc2ccccc2)c(C)c1. The van der Waals surface area contributed by atoms with E-state index in [4.69, 9.17) is 9.47 Å². The van der Waals surface area contributed by atoms with Gasteiger partial charge < -0.3 is 9.47 Å². The highest BCUT2D eigenvalue weighted by atomic mass is 16.5. The zero-order chi connectivity index (χ0) is 18.1. The molecule has 26 heavy (non-hydrogen) atoms. The normalized spacial score (nSPS) is 22.8. The summed E-state index contributed by atoms with van der Waals surface area (Å²) in [5, 5.41) is 0. The van der Waals surface area contributed by atoms with Crippen molar-refractivity contribution < 1.29 is 9.47 Å². The third-order valence-corrected chi connectivity index (χ3v) is 5.61. The molecule has 2 aliphatic rings. The summed E-state index contributed by atoms with van der Waals surface area (Å²) in [6, 6.07) is 15.8. The second-order valence-electron chi connectivity index (χ2n) is 7.45. The lowest BCUT2D eigenvalue weighted by Crippen LogP contribution is -2.53. The van der Waals surface area contributed by atoms with Gasteiger partial charge in [0, 0.05) is 12.6 Å². The molecule has 136 valence electrons. The van der Waals surface area contributed by atoms with Crippen molar-refractivity contribution in [1.29, 1.82) is 0 Å². The number of hydrogen-bond donors (Lipinski definition) is 0. The molecule has 1 fully saturated rings. The lowest BCUT2D eigenvalue weighted by molar-refractivity contribution is -0.0402. The van der Waals surface area contributed by atoms with Crippen molar-refractivity contribution in [2.75, 3.05) is 20.3 Å². The maximum atomic E-state index is 5.88. The Morgan fingerprint density at radius 2 is 1.81 bits per heavy atom. The molecule has 0 spiro atoms. The topological polar surface area (TPSA) is 21.7 Å². The zero-order valence-electron chi connectivity index (χ0n) is 15.9. The van der Waals surface area contributed by atoms with Gasteiger partial charge in [-0.05, 0) is 60.2 Å². The second kappa shape index (κ2) is 7.26. The van der Waals surface area contributed by atoms with Crippen molar-refractivity contribution in [2.45, 2.75) is 38.9 Å². The van der Waals surface area contributed by atoms with Crippen LogP contribution in [0, 0.1) is 13.8 Å². The van der Waals surface area contributed by atoms with E-state index in [0.717, 1.165) is 31.9 Å². The molecule has 2 atom stereocenters. The maximum absolute atomic E-state index is 5.88. The van der Waals surface area contributed by atoms with E-state index in [2.05, 4.69) is 67.3 Å². The van der Waals surface area contributed by atoms with Gasteiger partial charge >= 0.3 is 0 Å². The fourth-order valence-corrected chi connectivity index (χ4v) is 4.44. The molecule has 0 aromatic heterocycles. The van der Waals surface area contributed by atoms with E-state index in [0.29, 0.717) is 12.1 Å². The molecule has 3 heteroatoms. The molecule has 0 amide bonds. The molecule has 2 unspecified atom stereocenters. The van der Waals surface area contributed by atoms with Crippen LogP contribution in [0.4, 0.5) is 0 Å². The van der Waals surface area contributed by atoms with Crippen molar-refractivity contribution in [2.24, 2.45) is 0 Å². The third kappa shape index (κ3) is 3.29. The van der Waals surface area contributed by atoms with E-state index in [1.54, 1.807) is 7.11 Å². The number of aryl methyl sites for hydroxylation is 2. The Balaban J connectivity index is 1.65. The molecule has 2 aromatic rings. The van der Waals surface area contributed by atoms with Gasteiger partial charge in [-0.2, -0.15) is 0 Å². The summed E-state index contributed by atoms with van der Waals surface area (Å²) in [7, 11) is 1.73. The summed E-state index contributed by atoms with van der Waals surface area (Å²) < 4.78 is 11.3. The largest absolute Gasteiger partial charge is 0.497 e. The maximum Gasteiger partial charge on any atom is 0.119 e. The lowest BCUT2D eigenvalue weighted by atomic mass is 9.85. The molecule has 3 nitrogen and oxygen atoms in total. The first-order valence-electron chi connectivity index (χ1n) is 9.39. The Hall–Kier alpha value is -2.10. The summed E-state index contributed by atoms with van der Waals surface area (Å²) in [4.78, 5) is 2.61. The number of fused-ring (bicyclic) bond motifs is 2. The summed E-state index contributed by atoms with van der Waals surface area (Å²) in [5.74, 6) is 0.939. The van der Waals surface area contributed by atoms with E-state index in [1.165, 1.54) is 27.8 Å². The summed E-state index contributed by atoms with van der Waals surface area (Å²) in [6.45, 7) is 6.96. The number of ether oxygens (including phenoxy) is 2. The van der Waals surface area contributed by atoms with Gasteiger partial charge in [0.25, 0.3) is 0 Å². The molecule has 0 radical (unpaired) electrons. The Bertz CT molecular complexity index is 789. The second-order valence-corrected chi connectivity index (χ2v) is 7.45. The Labute approximate surface area is 156 Å². The van der Waals surface area contributed by atoms with Crippen molar-refractivity contribution in [3.05, 3.63) is 70.8 Å². The number of benzene rings is 2. The minimum absolute atomic E-state index is 0.346. The van der Waals surface area contributed by atoms with Crippen molar-refractivity contribution in [3.63, 3.8) is 0 Å². The molecular formula is C23H27NO2. The average molecular weight is 349 g/mol. The van der Waals surface area contributed by atoms with Crippen LogP contribution in [0.1, 0.15) is 28.7 Å². The average Bonchev–Trinajstić information content (AvgIpc) is 2.62. The van der Waals surface area contributed by atoms with Crippen molar-refractivity contribution in [3.8, 4) is 5.75 Å². The first-order chi connectivity index (χ1) is 12.7. The minimum atomic E-state index is 0.346. The van der Waals surface area contributed by atoms with Crippen LogP contribution in [-0.2, 0) is 11.3 Å². The number of nitrogens with zero attached hydrogens (tertiary/aromatic N) is 1. The predicted octanol–water partition coefficient (Wildman–Crippen LogP) is 4.37. The molecule has 0 N–H and O–H groups in total. The van der Waals surface area contributed by atoms with E-state index < -0.39 is 0 Å². The Morgan fingerprint density at radius 3 is 2.46 bits per heavy atom. The van der Waals surface area contributed by atoms with Crippen LogP contribution >= 0.6 is 0 Å². The monoisotopic (exact) mass is 349 g/mol. The summed E-state index contributed by atoms with van der Waals surface area (Å²) >= 11 is 0. The summed E-state index contributed by atoms with van der Waals surface area (Å²) in [6.07, 6.45) is 3.47. The van der Waals surface area contributed by atoms with Crippen LogP contribution in [0.5, 0.6) is 5.75 Å². The zero-order valence-corrected chi connectivity index (χ0v) is 15.9. The fraction of sp³-hybridized carbons (Fsp3) is 0.391. The van der Waals surface area contributed by atoms with Crippen LogP contribution in [0.25, 0.3) is 5.57 Å². The van der Waals surface area contributed by atoms with E-state index in [9.17, 15) is 0 Å². The third-order valence-electron chi connectivity index (χ3n) is 5.61. The van der Waals surface area contributed by atoms with Gasteiger partial charge in [0.05, 0.1) is 26.4 Å². The highest BCUT2D eigenvalue weighted by Gasteiger charge is 2.35. The van der Waals surface area contributed by atoms with E-state index in [1.807, 2.05) is 0 Å². The minimum Gasteiger partial charge on any atom is -0.497 e. The van der Waals surface area contributed by atoms with Crippen molar-refractivity contribution in [1.82, 2.24) is 4.90 Å². The highest BCUT2D eigenvalue weighted by Crippen LogP contribution is 2.37. The van der Waals surface area contributed by atoms with Crippen LogP contribution in [-0.4, -0.2) is 37.3 Å². The molecule has 2 aliphatic heterocycles. The molecule has 2 aromatic carbocycles. The van der Waals surface area contributed by atoms with E-state index >= 15 is 0 Å². The van der Waals surface area contributed by atoms with Gasteiger partial charge in [0.15, 0.2) is 0 Å². The molecule has 4 rings (SSSR count). The molecule has 0 aliphatic carbocycles. The highest BCUT2D eigenvalue weighted by molar-refractivity contribution is 5.73. The van der Waals surface area contributed by atoms with Crippen LogP contribution in [0.2, 0.25) is 0 Å². The smallest absolute Gasteiger partial charge is 0.119 e. The lowest BCUT2D eigenvalue weighted by Gasteiger charge is -2.45. The Morgan fingerprint density at radius 1 is 1.08 bits per heavy atom. The first-order valence-corrected chi connectivity index (χ1v) is 9.39. The molecule has 2 bridgehead atoms. The van der Waals surface area contributed by atoms with Crippen LogP contribution in [0.15, 0.2) is 48.5 Å². The molecule has 1 saturated heterocycles. The number of rotatable bonds is 4. The number of methoxy groups -OCH3 is 1. The van der Waals surface area contributed by atoms with Gasteiger partial charge in [0.1, 0.15) is 5.75 Å². The van der Waals surface area contributed by atoms with Gasteiger partial charge in [-0.25, -0.2) is 0 Å². The van der Waals surface area contributed by atoms with Gasteiger partial charge in [-0.15, -0.1) is 0 Å². The van der Waals surface area contributed by atoms with Gasteiger partial charge in [-0.1, -0.05) is 36.4 Å². The first kappa shape index (κ1) is 17.3. The summed E-state index contributed by atoms with van der Waals surface area (Å²) in [5.41, 5.74) is 6.82. The van der Waals surface area contributed by atoms with E-state index in [-0.39, 0.29) is 0 Å². The molecular weight excluding hydrogens is 322 g/mol. The quantitative estimate of drug-likeness (QED) is 0.818. The Kier molecular flexibility index (Phi) is 4.84. The van der Waals surface area contributed by atoms with Crippen LogP contribution < -0.4 is 4.74 Å². The van der Waals surface area contributed by atoms with Gasteiger partial charge in [-0.3, -0.25) is 4.90 Å². The standard InChI is InChI=1S/C23H27NO2/c1-16-9-22(25-3)10-17(2)23(16)19-11-20-14-26-15-21(12-19)24(20)13-18-7-5-4-6-8-18/h4-11,20-21H,12-15H2,1-3H3. The van der Waals surface area contributed by atoms with Gasteiger partial charge in [0.2, 0.25) is 0 Å². The number of hydrogen-bond acceptors (Lipinski definition) is 3. The van der Waals surface area contributed by atoms with Crippen molar-refractivity contribution >= 4 is 5.57 Å². The van der Waals surface area contributed by atoms with Crippen LogP contribution in [0.3, 0.4) is 0 Å². The fourth-order valence-electron chi connectivity index (χ4n) is 4.44.